The lowest BCUT2D eigenvalue weighted by Crippen LogP contribution is -2.28. The lowest BCUT2D eigenvalue weighted by atomic mass is 9.92. The molecule has 4 aliphatic rings. The Bertz CT molecular complexity index is 961. The lowest BCUT2D eigenvalue weighted by Gasteiger charge is -2.29. The summed E-state index contributed by atoms with van der Waals surface area (Å²) in [6.45, 7) is 0.533. The highest BCUT2D eigenvalue weighted by Crippen LogP contribution is 2.50. The van der Waals surface area contributed by atoms with Gasteiger partial charge in [-0.2, -0.15) is 0 Å². The molecule has 2 fully saturated rings. The molecule has 6 rings (SSSR count). The predicted octanol–water partition coefficient (Wildman–Crippen LogP) is 4.65. The van der Waals surface area contributed by atoms with Gasteiger partial charge in [0.2, 0.25) is 5.88 Å². The Morgan fingerprint density at radius 1 is 0.966 bits per heavy atom. The van der Waals surface area contributed by atoms with Crippen molar-refractivity contribution >= 4 is 0 Å². The van der Waals surface area contributed by atoms with Crippen LogP contribution in [0, 0.1) is 0 Å². The van der Waals surface area contributed by atoms with Crippen molar-refractivity contribution in [2.45, 2.75) is 88.9 Å². The lowest BCUT2D eigenvalue weighted by molar-refractivity contribution is 0.00495. The average molecular weight is 392 g/mol. The van der Waals surface area contributed by atoms with Gasteiger partial charge in [0.15, 0.2) is 0 Å². The van der Waals surface area contributed by atoms with Gasteiger partial charge in [-0.05, 0) is 80.5 Å². The molecule has 2 aromatic rings. The zero-order valence-corrected chi connectivity index (χ0v) is 16.9. The molecule has 1 N–H and O–H groups in total. The maximum atomic E-state index is 11.0. The zero-order chi connectivity index (χ0) is 19.4. The van der Waals surface area contributed by atoms with E-state index in [9.17, 15) is 5.11 Å². The van der Waals surface area contributed by atoms with Gasteiger partial charge in [0.1, 0.15) is 17.5 Å². The highest BCUT2D eigenvalue weighted by atomic mass is 16.5. The van der Waals surface area contributed by atoms with Crippen LogP contribution >= 0.6 is 0 Å². The van der Waals surface area contributed by atoms with E-state index in [0.29, 0.717) is 18.2 Å². The molecule has 29 heavy (non-hydrogen) atoms. The van der Waals surface area contributed by atoms with Crippen molar-refractivity contribution in [1.29, 1.82) is 0 Å². The number of aromatic hydroxyl groups is 1. The number of nitrogens with zero attached hydrogens (tertiary/aromatic N) is 2. The molecule has 0 atom stereocenters. The van der Waals surface area contributed by atoms with E-state index >= 15 is 0 Å². The van der Waals surface area contributed by atoms with E-state index in [-0.39, 0.29) is 11.7 Å². The van der Waals surface area contributed by atoms with Gasteiger partial charge in [-0.25, -0.2) is 0 Å². The van der Waals surface area contributed by atoms with Gasteiger partial charge in [-0.15, -0.1) is 10.2 Å². The first kappa shape index (κ1) is 17.7. The van der Waals surface area contributed by atoms with Crippen molar-refractivity contribution in [1.82, 2.24) is 10.2 Å². The monoisotopic (exact) mass is 392 g/mol. The van der Waals surface area contributed by atoms with Crippen LogP contribution in [0.4, 0.5) is 0 Å². The Kier molecular flexibility index (Phi) is 4.09. The molecule has 1 aliphatic heterocycles. The fraction of sp³-hybridized carbons (Fsp3) is 0.583. The van der Waals surface area contributed by atoms with E-state index in [1.165, 1.54) is 30.4 Å². The van der Waals surface area contributed by atoms with E-state index in [4.69, 9.17) is 9.47 Å². The van der Waals surface area contributed by atoms with Crippen LogP contribution in [0.15, 0.2) is 12.1 Å². The molecule has 2 heterocycles. The van der Waals surface area contributed by atoms with E-state index in [2.05, 4.69) is 16.3 Å². The van der Waals surface area contributed by atoms with Crippen molar-refractivity contribution in [3.05, 3.63) is 34.4 Å². The Morgan fingerprint density at radius 2 is 1.83 bits per heavy atom. The first-order chi connectivity index (χ1) is 14.2. The van der Waals surface area contributed by atoms with E-state index < -0.39 is 0 Å². The van der Waals surface area contributed by atoms with Crippen molar-refractivity contribution in [2.75, 3.05) is 0 Å². The zero-order valence-electron chi connectivity index (χ0n) is 16.9. The smallest absolute Gasteiger partial charge is 0.239 e. The van der Waals surface area contributed by atoms with Gasteiger partial charge in [0, 0.05) is 17.5 Å². The number of fused-ring (bicyclic) bond motifs is 2. The fourth-order valence-corrected chi connectivity index (χ4v) is 5.38. The van der Waals surface area contributed by atoms with Crippen LogP contribution in [0.2, 0.25) is 0 Å². The number of phenols is 1. The molecule has 0 radical (unpaired) electrons. The number of hydrogen-bond acceptors (Lipinski definition) is 5. The molecule has 3 aliphatic carbocycles. The van der Waals surface area contributed by atoms with Crippen LogP contribution in [0.25, 0.3) is 11.3 Å². The number of aromatic nitrogens is 2. The number of benzene rings is 1. The average Bonchev–Trinajstić information content (AvgIpc) is 3.30. The quantitative estimate of drug-likeness (QED) is 0.823. The molecule has 0 saturated heterocycles. The van der Waals surface area contributed by atoms with Gasteiger partial charge in [0.05, 0.1) is 12.2 Å². The molecular formula is C24H28N2O3. The second kappa shape index (κ2) is 6.69. The normalized spacial score (nSPS) is 22.3. The van der Waals surface area contributed by atoms with Gasteiger partial charge in [-0.1, -0.05) is 12.5 Å². The van der Waals surface area contributed by atoms with Crippen LogP contribution in [0.1, 0.15) is 73.6 Å². The third-order valence-electron chi connectivity index (χ3n) is 7.32. The second-order valence-corrected chi connectivity index (χ2v) is 9.29. The van der Waals surface area contributed by atoms with E-state index in [1.54, 1.807) is 0 Å². The minimum absolute atomic E-state index is 0.0285. The van der Waals surface area contributed by atoms with E-state index in [1.807, 2.05) is 6.07 Å². The maximum absolute atomic E-state index is 11.0. The molecular weight excluding hydrogens is 364 g/mol. The molecule has 1 aromatic heterocycles. The van der Waals surface area contributed by atoms with Crippen LogP contribution in [0.5, 0.6) is 11.6 Å². The van der Waals surface area contributed by atoms with Crippen molar-refractivity contribution in [3.8, 4) is 22.9 Å². The largest absolute Gasteiger partial charge is 0.507 e. The summed E-state index contributed by atoms with van der Waals surface area (Å²) in [6, 6.07) is 4.19. The van der Waals surface area contributed by atoms with Crippen molar-refractivity contribution < 1.29 is 14.6 Å². The molecule has 5 heteroatoms. The van der Waals surface area contributed by atoms with Crippen LogP contribution in [-0.4, -0.2) is 27.0 Å². The van der Waals surface area contributed by atoms with Gasteiger partial charge in [0.25, 0.3) is 0 Å². The highest BCUT2D eigenvalue weighted by Gasteiger charge is 2.48. The standard InChI is InChI=1S/C24H28N2O3/c27-22-17-8-4-5-15(17)9-10-18(22)21-19-13-24(11-12-24)28-14-20(19)23(26-25-21)29-16-6-2-1-3-7-16/h9-10,16,27H,1-8,11-14H2. The molecule has 0 unspecified atom stereocenters. The topological polar surface area (TPSA) is 64.5 Å². The first-order valence-corrected chi connectivity index (χ1v) is 11.3. The van der Waals surface area contributed by atoms with Crippen LogP contribution in [0.3, 0.4) is 0 Å². The molecule has 5 nitrogen and oxygen atoms in total. The van der Waals surface area contributed by atoms with Crippen LogP contribution in [-0.2, 0) is 30.6 Å². The molecule has 1 spiro atoms. The summed E-state index contributed by atoms with van der Waals surface area (Å²) in [6.07, 6.45) is 12.3. The Morgan fingerprint density at radius 3 is 2.66 bits per heavy atom. The molecule has 1 aromatic carbocycles. The molecule has 0 amide bonds. The number of phenolic OH excluding ortho intramolecular Hbond substituents is 1. The summed E-state index contributed by atoms with van der Waals surface area (Å²) in [4.78, 5) is 0. The SMILES string of the molecule is Oc1c(-c2nnc(OC3CCCCC3)c3c2CC2(CC2)OC3)ccc2c1CCC2. The molecule has 0 bridgehead atoms. The van der Waals surface area contributed by atoms with Crippen molar-refractivity contribution in [2.24, 2.45) is 0 Å². The van der Waals surface area contributed by atoms with Gasteiger partial charge < -0.3 is 14.6 Å². The minimum Gasteiger partial charge on any atom is -0.507 e. The second-order valence-electron chi connectivity index (χ2n) is 9.29. The minimum atomic E-state index is -0.0285. The Hall–Kier alpha value is -2.14. The third kappa shape index (κ3) is 3.02. The van der Waals surface area contributed by atoms with Crippen molar-refractivity contribution in [3.63, 3.8) is 0 Å². The summed E-state index contributed by atoms with van der Waals surface area (Å²) < 4.78 is 12.5. The summed E-state index contributed by atoms with van der Waals surface area (Å²) >= 11 is 0. The summed E-state index contributed by atoms with van der Waals surface area (Å²) in [5, 5.41) is 20.1. The van der Waals surface area contributed by atoms with Gasteiger partial charge in [-0.3, -0.25) is 0 Å². The Balaban J connectivity index is 1.43. The molecule has 2 saturated carbocycles. The number of aryl methyl sites for hydroxylation is 1. The third-order valence-corrected chi connectivity index (χ3v) is 7.32. The fourth-order valence-electron chi connectivity index (χ4n) is 5.38. The summed E-state index contributed by atoms with van der Waals surface area (Å²) in [5.74, 6) is 1.04. The maximum Gasteiger partial charge on any atom is 0.239 e. The number of hydrogen-bond donors (Lipinski definition) is 1. The number of ether oxygens (including phenoxy) is 2. The Labute approximate surface area is 171 Å². The summed E-state index contributed by atoms with van der Waals surface area (Å²) in [7, 11) is 0. The number of rotatable bonds is 3. The van der Waals surface area contributed by atoms with Gasteiger partial charge >= 0.3 is 0 Å². The summed E-state index contributed by atoms with van der Waals surface area (Å²) in [5.41, 5.74) is 6.18. The molecule has 152 valence electrons. The van der Waals surface area contributed by atoms with E-state index in [0.717, 1.165) is 73.8 Å². The first-order valence-electron chi connectivity index (χ1n) is 11.3. The highest BCUT2D eigenvalue weighted by molar-refractivity contribution is 5.74. The predicted molar refractivity (Wildman–Crippen MR) is 109 cm³/mol. The van der Waals surface area contributed by atoms with Crippen LogP contribution < -0.4 is 4.74 Å².